The van der Waals surface area contributed by atoms with Gasteiger partial charge in [-0.3, -0.25) is 4.79 Å². The molecule has 0 bridgehead atoms. The Kier molecular flexibility index (Phi) is 6.23. The monoisotopic (exact) mass is 422 g/mol. The number of hydrogen-bond acceptors (Lipinski definition) is 7. The van der Waals surface area contributed by atoms with Crippen molar-refractivity contribution >= 4 is 21.9 Å². The molecule has 1 amide bonds. The molecule has 2 N–H and O–H groups in total. The number of nitrogens with zero attached hydrogens (tertiary/aromatic N) is 1. The molecule has 156 valence electrons. The van der Waals surface area contributed by atoms with E-state index in [0.717, 1.165) is 12.8 Å². The lowest BCUT2D eigenvalue weighted by atomic mass is 10.2. The summed E-state index contributed by atoms with van der Waals surface area (Å²) in [7, 11) is -3.70. The molecule has 1 aliphatic heterocycles. The number of rotatable bonds is 8. The van der Waals surface area contributed by atoms with Crippen molar-refractivity contribution in [3.63, 3.8) is 0 Å². The Hall–Kier alpha value is -2.85. The molecular formula is C19H22N2O7S. The minimum absolute atomic E-state index is 0.0224. The van der Waals surface area contributed by atoms with E-state index < -0.39 is 21.9 Å². The molecule has 1 fully saturated rings. The molecule has 9 nitrogen and oxygen atoms in total. The van der Waals surface area contributed by atoms with Crippen molar-refractivity contribution in [2.24, 2.45) is 5.73 Å². The van der Waals surface area contributed by atoms with Gasteiger partial charge in [-0.15, -0.1) is 0 Å². The fourth-order valence-electron chi connectivity index (χ4n) is 3.05. The summed E-state index contributed by atoms with van der Waals surface area (Å²) in [5, 5.41) is 0. The molecular weight excluding hydrogens is 400 g/mol. The molecule has 1 saturated heterocycles. The SMILES string of the molecule is CCOC(=O)c1ccoc1COc1ccc(S(=O)(=O)N2CCCC2)cc1C(N)=O. The number of hydrogen-bond donors (Lipinski definition) is 1. The van der Waals surface area contributed by atoms with Crippen molar-refractivity contribution in [1.29, 1.82) is 0 Å². The molecule has 0 unspecified atom stereocenters. The van der Waals surface area contributed by atoms with Crippen molar-refractivity contribution in [3.05, 3.63) is 47.4 Å². The van der Waals surface area contributed by atoms with Crippen LogP contribution in [0.5, 0.6) is 5.75 Å². The summed E-state index contributed by atoms with van der Waals surface area (Å²) in [5.74, 6) is -1.08. The molecule has 0 radical (unpaired) electrons. The Bertz CT molecular complexity index is 1010. The van der Waals surface area contributed by atoms with Crippen molar-refractivity contribution in [1.82, 2.24) is 4.31 Å². The molecule has 0 aliphatic carbocycles. The highest BCUT2D eigenvalue weighted by molar-refractivity contribution is 7.89. The summed E-state index contributed by atoms with van der Waals surface area (Å²) in [6, 6.07) is 5.40. The lowest BCUT2D eigenvalue weighted by Crippen LogP contribution is -2.28. The van der Waals surface area contributed by atoms with Crippen LogP contribution in [0.15, 0.2) is 39.8 Å². The minimum Gasteiger partial charge on any atom is -0.485 e. The molecule has 0 atom stereocenters. The number of benzene rings is 1. The molecule has 1 aliphatic rings. The molecule has 1 aromatic heterocycles. The van der Waals surface area contributed by atoms with E-state index >= 15 is 0 Å². The van der Waals surface area contributed by atoms with E-state index in [9.17, 15) is 18.0 Å². The van der Waals surface area contributed by atoms with Gasteiger partial charge in [0.15, 0.2) is 5.76 Å². The first-order valence-electron chi connectivity index (χ1n) is 9.15. The highest BCUT2D eigenvalue weighted by Gasteiger charge is 2.28. The third kappa shape index (κ3) is 4.43. The second-order valence-electron chi connectivity index (χ2n) is 6.40. The number of primary amides is 1. The molecule has 3 rings (SSSR count). The van der Waals surface area contributed by atoms with Crippen LogP contribution in [-0.2, 0) is 21.4 Å². The van der Waals surface area contributed by atoms with Crippen molar-refractivity contribution in [2.75, 3.05) is 19.7 Å². The number of amides is 1. The summed E-state index contributed by atoms with van der Waals surface area (Å²) in [5.41, 5.74) is 5.56. The van der Waals surface area contributed by atoms with Crippen LogP contribution in [0.3, 0.4) is 0 Å². The van der Waals surface area contributed by atoms with Crippen LogP contribution < -0.4 is 10.5 Å². The quantitative estimate of drug-likeness (QED) is 0.643. The highest BCUT2D eigenvalue weighted by Crippen LogP contribution is 2.27. The topological polar surface area (TPSA) is 129 Å². The first kappa shape index (κ1) is 20.9. The highest BCUT2D eigenvalue weighted by atomic mass is 32.2. The minimum atomic E-state index is -3.70. The molecule has 29 heavy (non-hydrogen) atoms. The normalized spacial score (nSPS) is 14.7. The molecule has 0 saturated carbocycles. The Morgan fingerprint density at radius 3 is 2.55 bits per heavy atom. The van der Waals surface area contributed by atoms with Crippen LogP contribution >= 0.6 is 0 Å². The van der Waals surface area contributed by atoms with Gasteiger partial charge in [-0.05, 0) is 44.0 Å². The van der Waals surface area contributed by atoms with Gasteiger partial charge in [-0.25, -0.2) is 13.2 Å². The fraction of sp³-hybridized carbons (Fsp3) is 0.368. The Labute approximate surface area is 168 Å². The molecule has 10 heteroatoms. The van der Waals surface area contributed by atoms with E-state index in [1.807, 2.05) is 0 Å². The number of esters is 1. The number of ether oxygens (including phenoxy) is 2. The van der Waals surface area contributed by atoms with Crippen LogP contribution in [0.2, 0.25) is 0 Å². The van der Waals surface area contributed by atoms with Gasteiger partial charge in [0.2, 0.25) is 10.0 Å². The van der Waals surface area contributed by atoms with Crippen molar-refractivity contribution in [3.8, 4) is 5.75 Å². The number of furan rings is 1. The van der Waals surface area contributed by atoms with Crippen LogP contribution in [0.25, 0.3) is 0 Å². The zero-order valence-electron chi connectivity index (χ0n) is 15.9. The molecule has 2 aromatic rings. The maximum atomic E-state index is 12.7. The van der Waals surface area contributed by atoms with E-state index in [4.69, 9.17) is 19.6 Å². The summed E-state index contributed by atoms with van der Waals surface area (Å²) in [4.78, 5) is 23.8. The second-order valence-corrected chi connectivity index (χ2v) is 8.34. The summed E-state index contributed by atoms with van der Waals surface area (Å²) in [6.07, 6.45) is 2.93. The predicted molar refractivity (Wildman–Crippen MR) is 102 cm³/mol. The van der Waals surface area contributed by atoms with Gasteiger partial charge in [-0.2, -0.15) is 4.31 Å². The molecule has 0 spiro atoms. The number of sulfonamides is 1. The first-order chi connectivity index (χ1) is 13.8. The predicted octanol–water partition coefficient (Wildman–Crippen LogP) is 1.92. The number of carbonyl (C=O) groups is 2. The van der Waals surface area contributed by atoms with E-state index in [1.54, 1.807) is 6.92 Å². The maximum absolute atomic E-state index is 12.7. The maximum Gasteiger partial charge on any atom is 0.341 e. The smallest absolute Gasteiger partial charge is 0.341 e. The zero-order chi connectivity index (χ0) is 21.0. The Morgan fingerprint density at radius 2 is 1.90 bits per heavy atom. The third-order valence-electron chi connectivity index (χ3n) is 4.52. The van der Waals surface area contributed by atoms with Gasteiger partial charge in [0.25, 0.3) is 5.91 Å². The van der Waals surface area contributed by atoms with Crippen LogP contribution in [-0.4, -0.2) is 44.3 Å². The number of carbonyl (C=O) groups excluding carboxylic acids is 2. The largest absolute Gasteiger partial charge is 0.485 e. The third-order valence-corrected chi connectivity index (χ3v) is 6.41. The van der Waals surface area contributed by atoms with Crippen LogP contribution in [0.4, 0.5) is 0 Å². The average Bonchev–Trinajstić information content (AvgIpc) is 3.38. The van der Waals surface area contributed by atoms with E-state index in [0.29, 0.717) is 13.1 Å². The average molecular weight is 422 g/mol. The summed E-state index contributed by atoms with van der Waals surface area (Å²) >= 11 is 0. The van der Waals surface area contributed by atoms with E-state index in [-0.39, 0.29) is 40.7 Å². The second kappa shape index (κ2) is 8.66. The van der Waals surface area contributed by atoms with Crippen LogP contribution in [0, 0.1) is 0 Å². The van der Waals surface area contributed by atoms with Gasteiger partial charge in [0.05, 0.1) is 23.3 Å². The van der Waals surface area contributed by atoms with Gasteiger partial charge in [-0.1, -0.05) is 0 Å². The standard InChI is InChI=1S/C19H22N2O7S/c1-2-26-19(23)14-7-10-27-17(14)12-28-16-6-5-13(11-15(16)18(20)22)29(24,25)21-8-3-4-9-21/h5-7,10-11H,2-4,8-9,12H2,1H3,(H2,20,22). The number of nitrogens with two attached hydrogens (primary N) is 1. The molecule has 2 heterocycles. The summed E-state index contributed by atoms with van der Waals surface area (Å²) < 4.78 is 42.6. The van der Waals surface area contributed by atoms with Gasteiger partial charge in [0.1, 0.15) is 17.9 Å². The van der Waals surface area contributed by atoms with Crippen molar-refractivity contribution in [2.45, 2.75) is 31.3 Å². The van der Waals surface area contributed by atoms with Crippen molar-refractivity contribution < 1.29 is 31.9 Å². The molecule has 1 aromatic carbocycles. The van der Waals surface area contributed by atoms with E-state index in [2.05, 4.69) is 0 Å². The fourth-order valence-corrected chi connectivity index (χ4v) is 4.60. The van der Waals surface area contributed by atoms with Crippen LogP contribution in [0.1, 0.15) is 46.2 Å². The van der Waals surface area contributed by atoms with Gasteiger partial charge < -0.3 is 19.6 Å². The van der Waals surface area contributed by atoms with Gasteiger partial charge >= 0.3 is 5.97 Å². The lowest BCUT2D eigenvalue weighted by Gasteiger charge is -2.17. The Balaban J connectivity index is 1.83. The zero-order valence-corrected chi connectivity index (χ0v) is 16.7. The Morgan fingerprint density at radius 1 is 1.17 bits per heavy atom. The van der Waals surface area contributed by atoms with E-state index in [1.165, 1.54) is 34.8 Å². The van der Waals surface area contributed by atoms with Gasteiger partial charge in [0, 0.05) is 13.1 Å². The summed E-state index contributed by atoms with van der Waals surface area (Å²) in [6.45, 7) is 2.62. The first-order valence-corrected chi connectivity index (χ1v) is 10.6. The lowest BCUT2D eigenvalue weighted by molar-refractivity contribution is 0.0521.